The summed E-state index contributed by atoms with van der Waals surface area (Å²) in [5.74, 6) is -1.91. The maximum absolute atomic E-state index is 12.1. The van der Waals surface area contributed by atoms with Crippen LogP contribution in [-0.4, -0.2) is 28.9 Å². The Kier molecular flexibility index (Phi) is 10.4. The van der Waals surface area contributed by atoms with Crippen LogP contribution < -0.4 is 0 Å². The molecule has 22 heavy (non-hydrogen) atoms. The van der Waals surface area contributed by atoms with Crippen molar-refractivity contribution in [2.24, 2.45) is 0 Å². The summed E-state index contributed by atoms with van der Waals surface area (Å²) in [5.41, 5.74) is -2.43. The van der Waals surface area contributed by atoms with Crippen molar-refractivity contribution in [1.82, 2.24) is 0 Å². The molecule has 0 aliphatic rings. The zero-order chi connectivity index (χ0) is 18.3. The van der Waals surface area contributed by atoms with Crippen molar-refractivity contribution in [3.63, 3.8) is 0 Å². The Bertz CT molecular complexity index is 478. The Morgan fingerprint density at radius 2 is 1.23 bits per heavy atom. The first-order chi connectivity index (χ1) is 9.81. The monoisotopic (exact) mass is 536 g/mol. The smallest absolute Gasteiger partial charge is 0.351 e. The van der Waals surface area contributed by atoms with Gasteiger partial charge in [-0.3, -0.25) is 4.79 Å². The molecule has 0 unspecified atom stereocenters. The maximum atomic E-state index is 12.1. The van der Waals surface area contributed by atoms with Gasteiger partial charge in [0, 0.05) is 42.8 Å². The second-order valence-corrected chi connectivity index (χ2v) is 5.69. The van der Waals surface area contributed by atoms with Crippen LogP contribution in [0.2, 0.25) is 0 Å². The molecule has 0 atom stereocenters. The lowest BCUT2D eigenvalue weighted by atomic mass is 9.98. The summed E-state index contributed by atoms with van der Waals surface area (Å²) in [6, 6.07) is 0. The SMILES string of the molecule is C=C(C)C(=O)OC(C)(C)C(=O)OC(C)(C)C(=O)C(=C)C.II. The van der Waals surface area contributed by atoms with Gasteiger partial charge in [-0.25, -0.2) is 9.59 Å². The molecular formula is C15H22I2O5. The standard InChI is InChI=1S/C15H22O5.I2/c1-9(2)11(16)14(5,6)20-13(18)15(7,8)19-12(17)10(3)4;1-2/h1,3H2,2,4-8H3;. The number of hydrogen-bond acceptors (Lipinski definition) is 5. The van der Waals surface area contributed by atoms with Gasteiger partial charge in [-0.15, -0.1) is 0 Å². The van der Waals surface area contributed by atoms with E-state index in [1.165, 1.54) is 41.5 Å². The highest BCUT2D eigenvalue weighted by molar-refractivity contribution is 15.0. The first-order valence-corrected chi connectivity index (χ1v) is 12.6. The number of ketones is 1. The van der Waals surface area contributed by atoms with E-state index >= 15 is 0 Å². The average molecular weight is 536 g/mol. The molecule has 0 N–H and O–H groups in total. The minimum absolute atomic E-state index is 0.170. The summed E-state index contributed by atoms with van der Waals surface area (Å²) in [7, 11) is 0. The third-order valence-corrected chi connectivity index (χ3v) is 2.47. The molecule has 0 aliphatic heterocycles. The number of ether oxygens (including phenoxy) is 2. The van der Waals surface area contributed by atoms with Crippen molar-refractivity contribution < 1.29 is 23.9 Å². The molecule has 0 saturated carbocycles. The van der Waals surface area contributed by atoms with Crippen LogP contribution in [0.4, 0.5) is 0 Å². The van der Waals surface area contributed by atoms with Crippen LogP contribution in [0.15, 0.2) is 24.3 Å². The zero-order valence-electron chi connectivity index (χ0n) is 13.7. The lowest BCUT2D eigenvalue weighted by molar-refractivity contribution is -0.186. The lowest BCUT2D eigenvalue weighted by Crippen LogP contribution is -2.46. The molecule has 0 rings (SSSR count). The van der Waals surface area contributed by atoms with E-state index < -0.39 is 28.9 Å². The molecule has 0 heterocycles. The number of carbonyl (C=O) groups excluding carboxylic acids is 3. The Morgan fingerprint density at radius 3 is 1.55 bits per heavy atom. The van der Waals surface area contributed by atoms with Crippen LogP contribution in [0, 0.1) is 0 Å². The lowest BCUT2D eigenvalue weighted by Gasteiger charge is -2.29. The fourth-order valence-electron chi connectivity index (χ4n) is 1.28. The molecular weight excluding hydrogens is 514 g/mol. The normalized spacial score (nSPS) is 10.7. The summed E-state index contributed by atoms with van der Waals surface area (Å²) in [4.78, 5) is 35.4. The average Bonchev–Trinajstić information content (AvgIpc) is 2.38. The van der Waals surface area contributed by atoms with Crippen molar-refractivity contribution in [2.45, 2.75) is 52.7 Å². The second kappa shape index (κ2) is 9.64. The van der Waals surface area contributed by atoms with Crippen molar-refractivity contribution in [1.29, 1.82) is 0 Å². The number of halogens is 2. The van der Waals surface area contributed by atoms with E-state index in [0.717, 1.165) is 0 Å². The van der Waals surface area contributed by atoms with E-state index in [9.17, 15) is 14.4 Å². The minimum Gasteiger partial charge on any atom is -0.448 e. The van der Waals surface area contributed by atoms with Crippen LogP contribution in [0.25, 0.3) is 0 Å². The molecule has 0 aliphatic carbocycles. The number of Topliss-reactive ketones (excluding diaryl/α,β-unsaturated/α-hetero) is 1. The van der Waals surface area contributed by atoms with E-state index in [1.807, 2.05) is 0 Å². The van der Waals surface area contributed by atoms with Crippen molar-refractivity contribution in [3.05, 3.63) is 24.3 Å². The summed E-state index contributed by atoms with van der Waals surface area (Å²) < 4.78 is 10.2. The van der Waals surface area contributed by atoms with Gasteiger partial charge in [0.25, 0.3) is 0 Å². The third-order valence-electron chi connectivity index (χ3n) is 2.47. The Hall–Kier alpha value is -0.450. The van der Waals surface area contributed by atoms with E-state index in [1.54, 1.807) is 0 Å². The van der Waals surface area contributed by atoms with Gasteiger partial charge in [0.1, 0.15) is 0 Å². The molecule has 0 saturated heterocycles. The molecule has 126 valence electrons. The molecule has 0 fully saturated rings. The topological polar surface area (TPSA) is 69.7 Å². The van der Waals surface area contributed by atoms with Gasteiger partial charge in [-0.05, 0) is 47.1 Å². The first-order valence-electron chi connectivity index (χ1n) is 6.28. The predicted octanol–water partition coefficient (Wildman–Crippen LogP) is 4.12. The first kappa shape index (κ1) is 23.8. The number of esters is 2. The van der Waals surface area contributed by atoms with Crippen LogP contribution >= 0.6 is 37.2 Å². The summed E-state index contributed by atoms with van der Waals surface area (Å²) in [5, 5.41) is 0. The van der Waals surface area contributed by atoms with Gasteiger partial charge in [0.2, 0.25) is 11.4 Å². The third kappa shape index (κ3) is 7.70. The zero-order valence-corrected chi connectivity index (χ0v) is 18.0. The summed E-state index contributed by atoms with van der Waals surface area (Å²) in [6.07, 6.45) is 0. The number of hydrogen-bond donors (Lipinski definition) is 0. The second-order valence-electron chi connectivity index (χ2n) is 5.69. The minimum atomic E-state index is -1.51. The van der Waals surface area contributed by atoms with Gasteiger partial charge >= 0.3 is 11.9 Å². The molecule has 0 aromatic carbocycles. The Labute approximate surface area is 155 Å². The molecule has 0 amide bonds. The number of rotatable bonds is 6. The van der Waals surface area contributed by atoms with E-state index in [0.29, 0.717) is 0 Å². The van der Waals surface area contributed by atoms with E-state index in [-0.39, 0.29) is 11.1 Å². The fraction of sp³-hybridized carbons (Fsp3) is 0.533. The molecule has 0 radical (unpaired) electrons. The molecule has 7 heteroatoms. The number of carbonyl (C=O) groups is 3. The van der Waals surface area contributed by atoms with Gasteiger partial charge in [0.15, 0.2) is 5.60 Å². The van der Waals surface area contributed by atoms with Gasteiger partial charge < -0.3 is 9.47 Å². The highest BCUT2D eigenvalue weighted by Gasteiger charge is 2.40. The molecule has 0 aromatic rings. The Balaban J connectivity index is 0. The van der Waals surface area contributed by atoms with Crippen LogP contribution in [0.1, 0.15) is 41.5 Å². The molecule has 0 aromatic heterocycles. The maximum Gasteiger partial charge on any atom is 0.351 e. The Morgan fingerprint density at radius 1 is 0.818 bits per heavy atom. The highest BCUT2D eigenvalue weighted by atomic mass is 128. The highest BCUT2D eigenvalue weighted by Crippen LogP contribution is 2.21. The van der Waals surface area contributed by atoms with Gasteiger partial charge in [0.05, 0.1) is 0 Å². The quantitative estimate of drug-likeness (QED) is 0.291. The summed E-state index contributed by atoms with van der Waals surface area (Å²) >= 11 is 4.24. The summed E-state index contributed by atoms with van der Waals surface area (Å²) in [6.45, 7) is 15.6. The van der Waals surface area contributed by atoms with Crippen molar-refractivity contribution >= 4 is 55.0 Å². The fourth-order valence-corrected chi connectivity index (χ4v) is 1.28. The van der Waals surface area contributed by atoms with Crippen LogP contribution in [0.5, 0.6) is 0 Å². The predicted molar refractivity (Wildman–Crippen MR) is 103 cm³/mol. The van der Waals surface area contributed by atoms with E-state index in [4.69, 9.17) is 9.47 Å². The van der Waals surface area contributed by atoms with Crippen LogP contribution in [-0.2, 0) is 23.9 Å². The molecule has 5 nitrogen and oxygen atoms in total. The van der Waals surface area contributed by atoms with Gasteiger partial charge in [-0.2, -0.15) is 0 Å². The van der Waals surface area contributed by atoms with E-state index in [2.05, 4.69) is 50.4 Å². The molecule has 0 spiro atoms. The largest absolute Gasteiger partial charge is 0.448 e. The van der Waals surface area contributed by atoms with Crippen molar-refractivity contribution in [2.75, 3.05) is 0 Å². The van der Waals surface area contributed by atoms with Crippen LogP contribution in [0.3, 0.4) is 0 Å². The van der Waals surface area contributed by atoms with Gasteiger partial charge in [-0.1, -0.05) is 13.2 Å². The molecule has 0 bridgehead atoms. The van der Waals surface area contributed by atoms with Crippen molar-refractivity contribution in [3.8, 4) is 0 Å².